The number of aliphatic hydroxyl groups excluding tert-OH is 1. The quantitative estimate of drug-likeness (QED) is 0.0967. The molecule has 0 spiro atoms. The summed E-state index contributed by atoms with van der Waals surface area (Å²) in [6.07, 6.45) is 0.471. The van der Waals surface area contributed by atoms with E-state index >= 15 is 0 Å². The maximum atomic E-state index is 12.6. The lowest BCUT2D eigenvalue weighted by atomic mass is 10.1. The second kappa shape index (κ2) is 18.9. The van der Waals surface area contributed by atoms with E-state index in [1.807, 2.05) is 44.2 Å². The molecule has 4 unspecified atom stereocenters. The maximum Gasteiger partial charge on any atom is 0.326 e. The van der Waals surface area contributed by atoms with Crippen molar-refractivity contribution < 1.29 is 44.0 Å². The molecule has 14 heteroatoms. The average molecular weight is 613 g/mol. The first-order valence-electron chi connectivity index (χ1n) is 13.8. The highest BCUT2D eigenvalue weighted by Crippen LogP contribution is 2.28. The van der Waals surface area contributed by atoms with Crippen molar-refractivity contribution in [3.05, 3.63) is 30.3 Å². The average Bonchev–Trinajstić information content (AvgIpc) is 2.92. The van der Waals surface area contributed by atoms with Gasteiger partial charge in [-0.25, -0.2) is 4.79 Å². The molecule has 0 bridgehead atoms. The molecule has 3 amide bonds. The van der Waals surface area contributed by atoms with E-state index in [0.29, 0.717) is 18.8 Å². The number of nitrogens with one attached hydrogen (secondary N) is 3. The van der Waals surface area contributed by atoms with Crippen molar-refractivity contribution in [1.82, 2.24) is 16.0 Å². The van der Waals surface area contributed by atoms with E-state index in [1.165, 1.54) is 6.92 Å². The molecule has 236 valence electrons. The number of carbonyl (C=O) groups is 5. The first-order chi connectivity index (χ1) is 19.7. The van der Waals surface area contributed by atoms with Crippen LogP contribution in [0.25, 0.3) is 0 Å². The number of nitrogens with two attached hydrogens (primary N) is 1. The second-order valence-corrected chi connectivity index (χ2v) is 12.3. The molecule has 42 heavy (non-hydrogen) atoms. The van der Waals surface area contributed by atoms with Crippen LogP contribution in [0, 0.1) is 0 Å². The number of ether oxygens (including phenoxy) is 1. The van der Waals surface area contributed by atoms with Crippen molar-refractivity contribution in [3.63, 3.8) is 0 Å². The number of carbonyl (C=O) groups excluding carboxylic acids is 3. The zero-order valence-corrected chi connectivity index (χ0v) is 25.2. The lowest BCUT2D eigenvalue weighted by Gasteiger charge is -2.25. The van der Waals surface area contributed by atoms with Gasteiger partial charge in [0, 0.05) is 23.3 Å². The molecule has 0 heterocycles. The van der Waals surface area contributed by atoms with Crippen LogP contribution < -0.4 is 26.4 Å². The second-order valence-electron chi connectivity index (χ2n) is 10.5. The van der Waals surface area contributed by atoms with Crippen LogP contribution >= 0.6 is 11.8 Å². The van der Waals surface area contributed by atoms with Gasteiger partial charge in [-0.15, -0.1) is 0 Å². The molecule has 0 aliphatic heterocycles. The molecule has 4 atom stereocenters. The van der Waals surface area contributed by atoms with Gasteiger partial charge in [-0.3, -0.25) is 19.2 Å². The van der Waals surface area contributed by atoms with Gasteiger partial charge in [0.2, 0.25) is 17.7 Å². The number of carboxylic acids is 2. The Bertz CT molecular complexity index is 1030. The summed E-state index contributed by atoms with van der Waals surface area (Å²) >= 11 is 1.55. The zero-order chi connectivity index (χ0) is 31.7. The highest BCUT2D eigenvalue weighted by atomic mass is 32.2. The van der Waals surface area contributed by atoms with Crippen molar-refractivity contribution >= 4 is 41.4 Å². The van der Waals surface area contributed by atoms with Gasteiger partial charge in [-0.05, 0) is 44.7 Å². The third kappa shape index (κ3) is 15.6. The Morgan fingerprint density at radius 2 is 1.62 bits per heavy atom. The van der Waals surface area contributed by atoms with E-state index < -0.39 is 52.7 Å². The van der Waals surface area contributed by atoms with E-state index in [4.69, 9.17) is 15.6 Å². The van der Waals surface area contributed by atoms with Gasteiger partial charge in [0.25, 0.3) is 0 Å². The largest absolute Gasteiger partial charge is 0.493 e. The number of para-hydroxylation sites is 1. The minimum absolute atomic E-state index is 0.122. The standard InChI is InChI=1S/C28H44N4O9S/c1-18(30-24(35)16-28(2,3)42-15-14-41-20-9-5-4-6-10-20)25(36)32-22(27(39)40)12-13-23(34)31-19(17-33)8-7-11-21(29)26(37)38/h4-6,9-10,18-19,21-22,33H,7-8,11-17,29H2,1-3H3,(H,30,35)(H,31,34)(H,32,36)(H,37,38)(H,39,40). The van der Waals surface area contributed by atoms with Crippen LogP contribution in [0.3, 0.4) is 0 Å². The summed E-state index contributed by atoms with van der Waals surface area (Å²) in [4.78, 5) is 59.9. The molecule has 0 aromatic heterocycles. The summed E-state index contributed by atoms with van der Waals surface area (Å²) in [5.74, 6) is -2.68. The topological polar surface area (TPSA) is 217 Å². The predicted octanol–water partition coefficient (Wildman–Crippen LogP) is 0.881. The van der Waals surface area contributed by atoms with Crippen molar-refractivity contribution in [1.29, 1.82) is 0 Å². The van der Waals surface area contributed by atoms with Gasteiger partial charge in [0.1, 0.15) is 23.9 Å². The first-order valence-corrected chi connectivity index (χ1v) is 14.8. The molecular weight excluding hydrogens is 568 g/mol. The van der Waals surface area contributed by atoms with Gasteiger partial charge in [0.05, 0.1) is 19.3 Å². The van der Waals surface area contributed by atoms with Crippen LogP contribution in [-0.2, 0) is 24.0 Å². The van der Waals surface area contributed by atoms with E-state index in [1.54, 1.807) is 11.8 Å². The highest BCUT2D eigenvalue weighted by molar-refractivity contribution is 8.00. The van der Waals surface area contributed by atoms with E-state index in [0.717, 1.165) is 5.75 Å². The lowest BCUT2D eigenvalue weighted by Crippen LogP contribution is -2.51. The summed E-state index contributed by atoms with van der Waals surface area (Å²) in [6, 6.07) is 5.31. The molecule has 0 saturated heterocycles. The van der Waals surface area contributed by atoms with Crippen LogP contribution in [0.4, 0.5) is 0 Å². The predicted molar refractivity (Wildman–Crippen MR) is 158 cm³/mol. The molecule has 0 radical (unpaired) electrons. The molecule has 8 N–H and O–H groups in total. The zero-order valence-electron chi connectivity index (χ0n) is 24.3. The summed E-state index contributed by atoms with van der Waals surface area (Å²) < 4.78 is 5.23. The van der Waals surface area contributed by atoms with Crippen molar-refractivity contribution in [2.45, 2.75) is 88.2 Å². The van der Waals surface area contributed by atoms with Gasteiger partial charge >= 0.3 is 11.9 Å². The fourth-order valence-electron chi connectivity index (χ4n) is 3.84. The van der Waals surface area contributed by atoms with Crippen LogP contribution in [0.1, 0.15) is 59.3 Å². The Morgan fingerprint density at radius 1 is 0.952 bits per heavy atom. The Balaban J connectivity index is 2.44. The van der Waals surface area contributed by atoms with E-state index in [2.05, 4.69) is 16.0 Å². The highest BCUT2D eigenvalue weighted by Gasteiger charge is 2.27. The molecule has 0 aliphatic rings. The SMILES string of the molecule is CC(NC(=O)CC(C)(C)SCCOc1ccccc1)C(=O)NC(CCC(=O)NC(CO)CCCC(N)C(=O)O)C(=O)O. The fourth-order valence-corrected chi connectivity index (χ4v) is 4.79. The summed E-state index contributed by atoms with van der Waals surface area (Å²) in [5.41, 5.74) is 5.44. The number of aliphatic carboxylic acids is 2. The van der Waals surface area contributed by atoms with E-state index in [-0.39, 0.29) is 44.6 Å². The normalized spacial score (nSPS) is 14.1. The third-order valence-electron chi connectivity index (χ3n) is 6.19. The monoisotopic (exact) mass is 612 g/mol. The Hall–Kier alpha value is -3.36. The van der Waals surface area contributed by atoms with Crippen LogP contribution in [0.2, 0.25) is 0 Å². The molecule has 1 rings (SSSR count). The number of aliphatic hydroxyl groups is 1. The third-order valence-corrected chi connectivity index (χ3v) is 7.49. The summed E-state index contributed by atoms with van der Waals surface area (Å²) in [7, 11) is 0. The number of amides is 3. The van der Waals surface area contributed by atoms with Crippen LogP contribution in [-0.4, -0.2) is 92.9 Å². The van der Waals surface area contributed by atoms with E-state index in [9.17, 15) is 34.2 Å². The Kier molecular flexibility index (Phi) is 16.5. The number of carboxylic acid groups (broad SMARTS) is 2. The molecule has 0 fully saturated rings. The lowest BCUT2D eigenvalue weighted by molar-refractivity contribution is -0.142. The first kappa shape index (κ1) is 36.7. The smallest absolute Gasteiger partial charge is 0.326 e. The van der Waals surface area contributed by atoms with Crippen LogP contribution in [0.5, 0.6) is 5.75 Å². The van der Waals surface area contributed by atoms with Crippen molar-refractivity contribution in [2.24, 2.45) is 5.73 Å². The summed E-state index contributed by atoms with van der Waals surface area (Å²) in [6.45, 7) is 5.33. The van der Waals surface area contributed by atoms with Gasteiger partial charge in [-0.1, -0.05) is 32.0 Å². The van der Waals surface area contributed by atoms with Gasteiger partial charge < -0.3 is 41.7 Å². The van der Waals surface area contributed by atoms with Crippen molar-refractivity contribution in [2.75, 3.05) is 19.0 Å². The maximum absolute atomic E-state index is 12.6. The molecule has 13 nitrogen and oxygen atoms in total. The van der Waals surface area contributed by atoms with Gasteiger partial charge in [0.15, 0.2) is 0 Å². The van der Waals surface area contributed by atoms with Crippen molar-refractivity contribution in [3.8, 4) is 5.75 Å². The number of hydrogen-bond donors (Lipinski definition) is 7. The van der Waals surface area contributed by atoms with Gasteiger partial charge in [-0.2, -0.15) is 11.8 Å². The number of rotatable bonds is 21. The fraction of sp³-hybridized carbons (Fsp3) is 0.607. The molecule has 0 aliphatic carbocycles. The number of benzene rings is 1. The minimum atomic E-state index is -1.37. The molecular formula is C28H44N4O9S. The Morgan fingerprint density at radius 3 is 2.21 bits per heavy atom. The molecule has 1 aromatic carbocycles. The van der Waals surface area contributed by atoms with Crippen LogP contribution in [0.15, 0.2) is 30.3 Å². The summed E-state index contributed by atoms with van der Waals surface area (Å²) in [5, 5.41) is 35.3. The molecule has 1 aromatic rings. The Labute approximate surface area is 250 Å². The minimum Gasteiger partial charge on any atom is -0.493 e. The molecule has 0 saturated carbocycles. The number of hydrogen-bond acceptors (Lipinski definition) is 9. The number of thioether (sulfide) groups is 1.